The molecule has 1 saturated heterocycles. The molecule has 5 heteroatoms. The number of amides is 1. The van der Waals surface area contributed by atoms with Crippen LogP contribution in [0.2, 0.25) is 0 Å². The van der Waals surface area contributed by atoms with Crippen LogP contribution in [0.5, 0.6) is 5.75 Å². The lowest BCUT2D eigenvalue weighted by Crippen LogP contribution is -2.46. The summed E-state index contributed by atoms with van der Waals surface area (Å²) in [6, 6.07) is 8.92. The van der Waals surface area contributed by atoms with Crippen molar-refractivity contribution in [2.24, 2.45) is 0 Å². The molecule has 0 N–H and O–H groups in total. The normalized spacial score (nSPS) is 16.9. The van der Waals surface area contributed by atoms with Gasteiger partial charge in [0.1, 0.15) is 5.75 Å². The summed E-state index contributed by atoms with van der Waals surface area (Å²) in [5, 5.41) is 8.89. The van der Waals surface area contributed by atoms with Crippen LogP contribution in [0.25, 0.3) is 0 Å². The minimum atomic E-state index is -0.558. The summed E-state index contributed by atoms with van der Waals surface area (Å²) < 4.78 is 11.3. The van der Waals surface area contributed by atoms with E-state index in [0.29, 0.717) is 31.0 Å². The number of hydrogen-bond donors (Lipinski definition) is 0. The maximum Gasteiger partial charge on any atom is 0.263 e. The first-order valence-corrected chi connectivity index (χ1v) is 7.71. The lowest BCUT2D eigenvalue weighted by atomic mass is 10.1. The van der Waals surface area contributed by atoms with Crippen molar-refractivity contribution in [1.82, 2.24) is 4.90 Å². The van der Waals surface area contributed by atoms with Crippen molar-refractivity contribution in [3.05, 3.63) is 29.8 Å². The fourth-order valence-electron chi connectivity index (χ4n) is 2.63. The number of ether oxygens (including phenoxy) is 2. The van der Waals surface area contributed by atoms with Crippen molar-refractivity contribution in [2.45, 2.75) is 38.9 Å². The van der Waals surface area contributed by atoms with Gasteiger partial charge in [0.05, 0.1) is 17.7 Å². The zero-order chi connectivity index (χ0) is 15.9. The van der Waals surface area contributed by atoms with Crippen LogP contribution in [0, 0.1) is 11.3 Å². The predicted molar refractivity (Wildman–Crippen MR) is 82.5 cm³/mol. The Hall–Kier alpha value is -2.06. The second-order valence-corrected chi connectivity index (χ2v) is 5.38. The Morgan fingerprint density at radius 1 is 1.45 bits per heavy atom. The molecule has 1 aromatic rings. The molecule has 1 aliphatic rings. The summed E-state index contributed by atoms with van der Waals surface area (Å²) in [6.07, 6.45) is 1.45. The topological polar surface area (TPSA) is 62.6 Å². The maximum atomic E-state index is 12.4. The van der Waals surface area contributed by atoms with Gasteiger partial charge in [-0.25, -0.2) is 0 Å². The van der Waals surface area contributed by atoms with Crippen molar-refractivity contribution in [1.29, 1.82) is 5.26 Å². The Bertz CT molecular complexity index is 545. The van der Waals surface area contributed by atoms with Gasteiger partial charge < -0.3 is 14.4 Å². The van der Waals surface area contributed by atoms with Crippen molar-refractivity contribution in [3.63, 3.8) is 0 Å². The largest absolute Gasteiger partial charge is 0.481 e. The molecule has 1 fully saturated rings. The van der Waals surface area contributed by atoms with Crippen LogP contribution < -0.4 is 4.74 Å². The van der Waals surface area contributed by atoms with E-state index in [4.69, 9.17) is 14.7 Å². The average molecular weight is 302 g/mol. The molecule has 1 amide bonds. The molecule has 118 valence electrons. The van der Waals surface area contributed by atoms with Gasteiger partial charge in [0.25, 0.3) is 5.91 Å². The molecular weight excluding hydrogens is 280 g/mol. The Morgan fingerprint density at radius 2 is 2.18 bits per heavy atom. The van der Waals surface area contributed by atoms with E-state index in [0.717, 1.165) is 12.8 Å². The summed E-state index contributed by atoms with van der Waals surface area (Å²) >= 11 is 0. The molecule has 1 aromatic carbocycles. The van der Waals surface area contributed by atoms with E-state index < -0.39 is 6.10 Å². The number of carbonyl (C=O) groups excluding carboxylic acids is 1. The van der Waals surface area contributed by atoms with E-state index in [9.17, 15) is 4.79 Å². The summed E-state index contributed by atoms with van der Waals surface area (Å²) in [7, 11) is 0. The smallest absolute Gasteiger partial charge is 0.263 e. The maximum absolute atomic E-state index is 12.4. The molecule has 0 bridgehead atoms. The SMILES string of the molecule is CCOC1CCN(C(=O)[C@H](C)Oc2cccc(C#N)c2)CC1. The third-order valence-corrected chi connectivity index (χ3v) is 3.78. The first-order valence-electron chi connectivity index (χ1n) is 7.71. The zero-order valence-corrected chi connectivity index (χ0v) is 13.1. The van der Waals surface area contributed by atoms with Crippen molar-refractivity contribution in [2.75, 3.05) is 19.7 Å². The van der Waals surface area contributed by atoms with E-state index in [2.05, 4.69) is 6.07 Å². The highest BCUT2D eigenvalue weighted by molar-refractivity contribution is 5.81. The Labute approximate surface area is 131 Å². The van der Waals surface area contributed by atoms with E-state index in [1.54, 1.807) is 31.2 Å². The quantitative estimate of drug-likeness (QED) is 0.837. The van der Waals surface area contributed by atoms with Gasteiger partial charge in [0.15, 0.2) is 6.10 Å². The fraction of sp³-hybridized carbons (Fsp3) is 0.529. The average Bonchev–Trinajstić information content (AvgIpc) is 2.55. The summed E-state index contributed by atoms with van der Waals surface area (Å²) in [5.74, 6) is 0.529. The summed E-state index contributed by atoms with van der Waals surface area (Å²) in [5.41, 5.74) is 0.523. The van der Waals surface area contributed by atoms with Crippen LogP contribution >= 0.6 is 0 Å². The Kier molecular flexibility index (Phi) is 5.79. The number of nitriles is 1. The molecule has 0 unspecified atom stereocenters. The van der Waals surface area contributed by atoms with Gasteiger partial charge in [0, 0.05) is 19.7 Å². The van der Waals surface area contributed by atoms with E-state index in [1.165, 1.54) is 0 Å². The van der Waals surface area contributed by atoms with Crippen LogP contribution in [0.1, 0.15) is 32.3 Å². The molecule has 1 atom stereocenters. The summed E-state index contributed by atoms with van der Waals surface area (Å²) in [6.45, 7) is 5.86. The van der Waals surface area contributed by atoms with E-state index >= 15 is 0 Å². The highest BCUT2D eigenvalue weighted by atomic mass is 16.5. The zero-order valence-electron chi connectivity index (χ0n) is 13.1. The molecule has 5 nitrogen and oxygen atoms in total. The summed E-state index contributed by atoms with van der Waals surface area (Å²) in [4.78, 5) is 14.2. The third kappa shape index (κ3) is 4.22. The van der Waals surface area contributed by atoms with Crippen LogP contribution in [0.15, 0.2) is 24.3 Å². The lowest BCUT2D eigenvalue weighted by Gasteiger charge is -2.33. The second kappa shape index (κ2) is 7.81. The van der Waals surface area contributed by atoms with Gasteiger partial charge in [-0.1, -0.05) is 6.07 Å². The predicted octanol–water partition coefficient (Wildman–Crippen LogP) is 2.35. The van der Waals surface area contributed by atoms with Crippen molar-refractivity contribution in [3.8, 4) is 11.8 Å². The fourth-order valence-corrected chi connectivity index (χ4v) is 2.63. The highest BCUT2D eigenvalue weighted by Crippen LogP contribution is 2.18. The molecule has 0 radical (unpaired) electrons. The number of hydrogen-bond acceptors (Lipinski definition) is 4. The Morgan fingerprint density at radius 3 is 2.82 bits per heavy atom. The first kappa shape index (κ1) is 16.3. The molecule has 22 heavy (non-hydrogen) atoms. The molecule has 0 aromatic heterocycles. The van der Waals surface area contributed by atoms with Gasteiger partial charge in [-0.2, -0.15) is 5.26 Å². The highest BCUT2D eigenvalue weighted by Gasteiger charge is 2.27. The number of carbonyl (C=O) groups is 1. The molecule has 0 saturated carbocycles. The van der Waals surface area contributed by atoms with Crippen molar-refractivity contribution >= 4 is 5.91 Å². The Balaban J connectivity index is 1.88. The van der Waals surface area contributed by atoms with Gasteiger partial charge in [0.2, 0.25) is 0 Å². The van der Waals surface area contributed by atoms with Crippen LogP contribution in [0.4, 0.5) is 0 Å². The first-order chi connectivity index (χ1) is 10.6. The molecule has 0 aliphatic carbocycles. The van der Waals surface area contributed by atoms with Gasteiger partial charge in [-0.15, -0.1) is 0 Å². The van der Waals surface area contributed by atoms with Crippen molar-refractivity contribution < 1.29 is 14.3 Å². The van der Waals surface area contributed by atoms with E-state index in [-0.39, 0.29) is 12.0 Å². The standard InChI is InChI=1S/C17H22N2O3/c1-3-21-15-7-9-19(10-8-15)17(20)13(2)22-16-6-4-5-14(11-16)12-18/h4-6,11,13,15H,3,7-10H2,1-2H3/t13-/m0/s1. The van der Waals surface area contributed by atoms with E-state index in [1.807, 2.05) is 11.8 Å². The molecule has 2 rings (SSSR count). The van der Waals surface area contributed by atoms with Crippen LogP contribution in [0.3, 0.4) is 0 Å². The minimum absolute atomic E-state index is 0.0164. The van der Waals surface area contributed by atoms with Gasteiger partial charge >= 0.3 is 0 Å². The van der Waals surface area contributed by atoms with Crippen LogP contribution in [-0.2, 0) is 9.53 Å². The molecule has 0 spiro atoms. The number of piperidine rings is 1. The number of nitrogens with zero attached hydrogens (tertiary/aromatic N) is 2. The van der Waals surface area contributed by atoms with Gasteiger partial charge in [-0.05, 0) is 44.9 Å². The molecule has 1 aliphatic heterocycles. The number of benzene rings is 1. The minimum Gasteiger partial charge on any atom is -0.481 e. The van der Waals surface area contributed by atoms with Gasteiger partial charge in [-0.3, -0.25) is 4.79 Å². The monoisotopic (exact) mass is 302 g/mol. The molecule has 1 heterocycles. The number of likely N-dealkylation sites (tertiary alicyclic amines) is 1. The number of rotatable bonds is 5. The lowest BCUT2D eigenvalue weighted by molar-refractivity contribution is -0.140. The molecular formula is C17H22N2O3. The van der Waals surface area contributed by atoms with Crippen LogP contribution in [-0.4, -0.2) is 42.7 Å². The second-order valence-electron chi connectivity index (χ2n) is 5.38. The third-order valence-electron chi connectivity index (χ3n) is 3.78.